The fourth-order valence-corrected chi connectivity index (χ4v) is 3.34. The summed E-state index contributed by atoms with van der Waals surface area (Å²) in [4.78, 5) is 0. The van der Waals surface area contributed by atoms with Gasteiger partial charge in [-0.1, -0.05) is 33.6 Å². The molecule has 0 aliphatic heterocycles. The Labute approximate surface area is 108 Å². The summed E-state index contributed by atoms with van der Waals surface area (Å²) in [6, 6.07) is 0. The minimum Gasteiger partial charge on any atom is -0.417 e. The van der Waals surface area contributed by atoms with Crippen molar-refractivity contribution in [1.29, 1.82) is 0 Å². The number of rotatable bonds is 4. The van der Waals surface area contributed by atoms with E-state index in [4.69, 9.17) is 4.43 Å². The maximum absolute atomic E-state index is 9.41. The molecule has 0 aromatic carbocycles. The standard InChI is InChI=1S/C14H30O2Si/c1-14(2,3)17(4,5)16-11-13-9-7-6-8-12(13)10-15/h12-13,15H,6-11H2,1-5H3. The molecule has 2 unspecified atom stereocenters. The second kappa shape index (κ2) is 5.85. The van der Waals surface area contributed by atoms with E-state index in [0.29, 0.717) is 18.4 Å². The highest BCUT2D eigenvalue weighted by Gasteiger charge is 2.38. The molecule has 0 heterocycles. The fraction of sp³-hybridized carbons (Fsp3) is 1.00. The predicted octanol–water partition coefficient (Wildman–Crippen LogP) is 3.81. The van der Waals surface area contributed by atoms with E-state index >= 15 is 0 Å². The van der Waals surface area contributed by atoms with Gasteiger partial charge in [0.05, 0.1) is 0 Å². The molecule has 1 aliphatic rings. The van der Waals surface area contributed by atoms with Gasteiger partial charge in [-0.3, -0.25) is 0 Å². The van der Waals surface area contributed by atoms with Crippen LogP contribution in [0.25, 0.3) is 0 Å². The molecule has 1 aliphatic carbocycles. The third-order valence-electron chi connectivity index (χ3n) is 4.77. The molecular formula is C14H30O2Si. The van der Waals surface area contributed by atoms with Crippen molar-refractivity contribution in [3.63, 3.8) is 0 Å². The molecule has 0 saturated heterocycles. The van der Waals surface area contributed by atoms with Crippen molar-refractivity contribution in [2.45, 2.75) is 64.6 Å². The summed E-state index contributed by atoms with van der Waals surface area (Å²) in [6.07, 6.45) is 5.01. The van der Waals surface area contributed by atoms with E-state index in [-0.39, 0.29) is 5.04 Å². The highest BCUT2D eigenvalue weighted by atomic mass is 28.4. The summed E-state index contributed by atoms with van der Waals surface area (Å²) in [5.74, 6) is 1.07. The molecule has 1 N–H and O–H groups in total. The van der Waals surface area contributed by atoms with Crippen molar-refractivity contribution < 1.29 is 9.53 Å². The lowest BCUT2D eigenvalue weighted by atomic mass is 9.80. The lowest BCUT2D eigenvalue weighted by molar-refractivity contribution is 0.0904. The number of aliphatic hydroxyl groups is 1. The molecule has 0 spiro atoms. The maximum atomic E-state index is 9.41. The highest BCUT2D eigenvalue weighted by Crippen LogP contribution is 2.38. The van der Waals surface area contributed by atoms with Crippen LogP contribution in [0.15, 0.2) is 0 Å². The van der Waals surface area contributed by atoms with Gasteiger partial charge in [0.25, 0.3) is 0 Å². The monoisotopic (exact) mass is 258 g/mol. The summed E-state index contributed by atoms with van der Waals surface area (Å²) in [5, 5.41) is 9.69. The van der Waals surface area contributed by atoms with Crippen LogP contribution >= 0.6 is 0 Å². The van der Waals surface area contributed by atoms with Gasteiger partial charge in [-0.05, 0) is 42.8 Å². The summed E-state index contributed by atoms with van der Waals surface area (Å²) in [5.41, 5.74) is 0. The van der Waals surface area contributed by atoms with E-state index < -0.39 is 8.32 Å². The second-order valence-electron chi connectivity index (χ2n) is 7.06. The normalized spacial score (nSPS) is 27.2. The minimum atomic E-state index is -1.61. The number of hydrogen-bond acceptors (Lipinski definition) is 2. The molecule has 1 saturated carbocycles. The van der Waals surface area contributed by atoms with Crippen LogP contribution in [0, 0.1) is 11.8 Å². The molecule has 102 valence electrons. The molecule has 3 heteroatoms. The van der Waals surface area contributed by atoms with Crippen LogP contribution in [0.4, 0.5) is 0 Å². The largest absolute Gasteiger partial charge is 0.417 e. The summed E-state index contributed by atoms with van der Waals surface area (Å²) >= 11 is 0. The molecule has 0 aromatic rings. The van der Waals surface area contributed by atoms with E-state index in [0.717, 1.165) is 6.61 Å². The van der Waals surface area contributed by atoms with Crippen LogP contribution in [0.3, 0.4) is 0 Å². The topological polar surface area (TPSA) is 29.5 Å². The molecule has 2 atom stereocenters. The molecular weight excluding hydrogens is 228 g/mol. The average Bonchev–Trinajstić information content (AvgIpc) is 2.25. The molecule has 1 rings (SSSR count). The van der Waals surface area contributed by atoms with Gasteiger partial charge >= 0.3 is 0 Å². The molecule has 2 nitrogen and oxygen atoms in total. The average molecular weight is 258 g/mol. The van der Waals surface area contributed by atoms with Crippen LogP contribution in [0.1, 0.15) is 46.5 Å². The van der Waals surface area contributed by atoms with Gasteiger partial charge in [-0.2, -0.15) is 0 Å². The highest BCUT2D eigenvalue weighted by molar-refractivity contribution is 6.74. The summed E-state index contributed by atoms with van der Waals surface area (Å²) < 4.78 is 6.29. The molecule has 0 radical (unpaired) electrons. The quantitative estimate of drug-likeness (QED) is 0.777. The third kappa shape index (κ3) is 4.07. The first kappa shape index (κ1) is 15.2. The zero-order valence-electron chi connectivity index (χ0n) is 12.3. The van der Waals surface area contributed by atoms with Crippen LogP contribution < -0.4 is 0 Å². The Hall–Kier alpha value is 0.137. The van der Waals surface area contributed by atoms with Crippen LogP contribution in [-0.4, -0.2) is 26.6 Å². The Morgan fingerprint density at radius 1 is 1.12 bits per heavy atom. The van der Waals surface area contributed by atoms with E-state index in [9.17, 15) is 5.11 Å². The molecule has 0 aromatic heterocycles. The summed E-state index contributed by atoms with van der Waals surface area (Å²) in [6.45, 7) is 12.7. The number of hydrogen-bond donors (Lipinski definition) is 1. The van der Waals surface area contributed by atoms with Gasteiger partial charge in [-0.25, -0.2) is 0 Å². The van der Waals surface area contributed by atoms with Gasteiger partial charge in [0.1, 0.15) is 0 Å². The Morgan fingerprint density at radius 2 is 1.65 bits per heavy atom. The molecule has 0 amide bonds. The first-order chi connectivity index (χ1) is 7.78. The zero-order valence-corrected chi connectivity index (χ0v) is 13.3. The first-order valence-electron chi connectivity index (χ1n) is 7.03. The van der Waals surface area contributed by atoms with Crippen molar-refractivity contribution in [3.05, 3.63) is 0 Å². The fourth-order valence-electron chi connectivity index (χ4n) is 2.28. The second-order valence-corrected chi connectivity index (χ2v) is 11.9. The van der Waals surface area contributed by atoms with Crippen LogP contribution in [0.2, 0.25) is 18.1 Å². The van der Waals surface area contributed by atoms with Crippen LogP contribution in [0.5, 0.6) is 0 Å². The van der Waals surface area contributed by atoms with Gasteiger partial charge < -0.3 is 9.53 Å². The lowest BCUT2D eigenvalue weighted by Gasteiger charge is -2.39. The predicted molar refractivity (Wildman–Crippen MR) is 75.7 cm³/mol. The SMILES string of the molecule is CC(C)(C)[Si](C)(C)OCC1CCCCC1CO. The Balaban J connectivity index is 2.49. The zero-order chi connectivity index (χ0) is 13.1. The van der Waals surface area contributed by atoms with Crippen molar-refractivity contribution in [1.82, 2.24) is 0 Å². The van der Waals surface area contributed by atoms with Gasteiger partial charge in [0.15, 0.2) is 8.32 Å². The first-order valence-corrected chi connectivity index (χ1v) is 9.93. The smallest absolute Gasteiger partial charge is 0.191 e. The minimum absolute atomic E-state index is 0.288. The van der Waals surface area contributed by atoms with Crippen molar-refractivity contribution in [2.24, 2.45) is 11.8 Å². The maximum Gasteiger partial charge on any atom is 0.191 e. The Bertz CT molecular complexity index is 233. The van der Waals surface area contributed by atoms with Crippen molar-refractivity contribution in [3.8, 4) is 0 Å². The number of aliphatic hydroxyl groups excluding tert-OH is 1. The molecule has 0 bridgehead atoms. The van der Waals surface area contributed by atoms with Crippen molar-refractivity contribution >= 4 is 8.32 Å². The van der Waals surface area contributed by atoms with Gasteiger partial charge in [0.2, 0.25) is 0 Å². The molecule has 1 fully saturated rings. The van der Waals surface area contributed by atoms with Gasteiger partial charge in [0, 0.05) is 13.2 Å². The van der Waals surface area contributed by atoms with E-state index in [1.54, 1.807) is 0 Å². The summed E-state index contributed by atoms with van der Waals surface area (Å²) in [7, 11) is -1.61. The van der Waals surface area contributed by atoms with Gasteiger partial charge in [-0.15, -0.1) is 0 Å². The van der Waals surface area contributed by atoms with E-state index in [2.05, 4.69) is 33.9 Å². The Morgan fingerprint density at radius 3 is 2.12 bits per heavy atom. The third-order valence-corrected chi connectivity index (χ3v) is 9.27. The molecule has 17 heavy (non-hydrogen) atoms. The Kier molecular flexibility index (Phi) is 5.23. The van der Waals surface area contributed by atoms with Crippen molar-refractivity contribution in [2.75, 3.05) is 13.2 Å². The van der Waals surface area contributed by atoms with E-state index in [1.165, 1.54) is 25.7 Å². The van der Waals surface area contributed by atoms with Crippen LogP contribution in [-0.2, 0) is 4.43 Å². The van der Waals surface area contributed by atoms with E-state index in [1.807, 2.05) is 0 Å². The lowest BCUT2D eigenvalue weighted by Crippen LogP contribution is -2.43.